The van der Waals surface area contributed by atoms with E-state index in [1.807, 2.05) is 31.2 Å². The molecular formula is C29H38ClFN6. The predicted octanol–water partition coefficient (Wildman–Crippen LogP) is 4.97. The van der Waals surface area contributed by atoms with Crippen molar-refractivity contribution < 1.29 is 4.39 Å². The van der Waals surface area contributed by atoms with Gasteiger partial charge in [0.05, 0.1) is 22.2 Å². The fraction of sp³-hybridized carbons (Fsp3) is 0.310. The minimum atomic E-state index is -0.451. The number of rotatable bonds is 9. The molecule has 1 aliphatic rings. The highest BCUT2D eigenvalue weighted by atomic mass is 35.5. The van der Waals surface area contributed by atoms with E-state index < -0.39 is 5.82 Å². The lowest BCUT2D eigenvalue weighted by molar-refractivity contribution is 0.244. The van der Waals surface area contributed by atoms with Gasteiger partial charge in [-0.05, 0) is 80.2 Å². The molecule has 2 aromatic carbocycles. The van der Waals surface area contributed by atoms with E-state index in [1.165, 1.54) is 6.07 Å². The maximum atomic E-state index is 13.9. The Morgan fingerprint density at radius 2 is 1.73 bits per heavy atom. The normalized spacial score (nSPS) is 17.9. The van der Waals surface area contributed by atoms with Crippen molar-refractivity contribution in [3.63, 3.8) is 0 Å². The van der Waals surface area contributed by atoms with Gasteiger partial charge in [0.2, 0.25) is 0 Å². The molecule has 198 valence electrons. The van der Waals surface area contributed by atoms with Gasteiger partial charge in [0.15, 0.2) is 0 Å². The summed E-state index contributed by atoms with van der Waals surface area (Å²) in [7, 11) is 0. The molecule has 1 saturated heterocycles. The van der Waals surface area contributed by atoms with Crippen molar-refractivity contribution in [3.05, 3.63) is 106 Å². The van der Waals surface area contributed by atoms with Crippen LogP contribution in [0, 0.1) is 12.7 Å². The fourth-order valence-electron chi connectivity index (χ4n) is 4.55. The molecule has 0 radical (unpaired) electrons. The van der Waals surface area contributed by atoms with Crippen molar-refractivity contribution in [2.75, 3.05) is 18.4 Å². The number of halogens is 2. The zero-order valence-electron chi connectivity index (χ0n) is 21.9. The second-order valence-corrected chi connectivity index (χ2v) is 10.1. The highest BCUT2D eigenvalue weighted by Gasteiger charge is 2.22. The van der Waals surface area contributed by atoms with Gasteiger partial charge in [-0.25, -0.2) is 4.39 Å². The fourth-order valence-corrected chi connectivity index (χ4v) is 4.86. The summed E-state index contributed by atoms with van der Waals surface area (Å²) in [6.07, 6.45) is 2.60. The molecule has 0 aromatic heterocycles. The number of allylic oxidation sites excluding steroid dienone is 2. The minimum Gasteiger partial charge on any atom is -0.397 e. The van der Waals surface area contributed by atoms with Gasteiger partial charge >= 0.3 is 0 Å². The van der Waals surface area contributed by atoms with E-state index in [9.17, 15) is 4.39 Å². The molecule has 2 aromatic rings. The number of benzene rings is 2. The van der Waals surface area contributed by atoms with E-state index in [2.05, 4.69) is 42.5 Å². The predicted molar refractivity (Wildman–Crippen MR) is 154 cm³/mol. The van der Waals surface area contributed by atoms with E-state index >= 15 is 0 Å². The molecule has 0 aliphatic carbocycles. The monoisotopic (exact) mass is 524 g/mol. The first kappa shape index (κ1) is 28.2. The minimum absolute atomic E-state index is 0.116. The molecule has 1 fully saturated rings. The van der Waals surface area contributed by atoms with Crippen LogP contribution in [0.15, 0.2) is 78.4 Å². The number of nitrogens with two attached hydrogens (primary N) is 3. The molecule has 1 heterocycles. The first-order valence-corrected chi connectivity index (χ1v) is 12.8. The third-order valence-electron chi connectivity index (χ3n) is 6.58. The molecule has 37 heavy (non-hydrogen) atoms. The van der Waals surface area contributed by atoms with Gasteiger partial charge in [-0.1, -0.05) is 43.0 Å². The number of hydrogen-bond acceptors (Lipinski definition) is 6. The Bertz CT molecular complexity index is 1200. The van der Waals surface area contributed by atoms with Crippen LogP contribution in [-0.4, -0.2) is 30.1 Å². The Morgan fingerprint density at radius 1 is 1.11 bits per heavy atom. The number of nitrogens with one attached hydrogen (secondary N) is 2. The van der Waals surface area contributed by atoms with Gasteiger partial charge in [0, 0.05) is 36.6 Å². The van der Waals surface area contributed by atoms with Crippen LogP contribution in [0.5, 0.6) is 0 Å². The lowest BCUT2D eigenvalue weighted by Crippen LogP contribution is -2.53. The molecule has 0 spiro atoms. The highest BCUT2D eigenvalue weighted by molar-refractivity contribution is 6.31. The summed E-state index contributed by atoms with van der Waals surface area (Å²) in [5.41, 5.74) is 24.2. The summed E-state index contributed by atoms with van der Waals surface area (Å²) >= 11 is 6.17. The van der Waals surface area contributed by atoms with E-state index in [4.69, 9.17) is 28.8 Å². The van der Waals surface area contributed by atoms with Crippen molar-refractivity contribution in [2.45, 2.75) is 45.7 Å². The average molecular weight is 525 g/mol. The van der Waals surface area contributed by atoms with Crippen LogP contribution >= 0.6 is 11.6 Å². The van der Waals surface area contributed by atoms with Crippen molar-refractivity contribution in [2.24, 2.45) is 17.2 Å². The Labute approximate surface area is 224 Å². The molecule has 8 N–H and O–H groups in total. The van der Waals surface area contributed by atoms with Crippen molar-refractivity contribution in [1.82, 2.24) is 10.2 Å². The molecule has 1 aliphatic heterocycles. The lowest BCUT2D eigenvalue weighted by Gasteiger charge is -2.38. The maximum Gasteiger partial charge on any atom is 0.142 e. The number of hydrogen-bond donors (Lipinski definition) is 5. The van der Waals surface area contributed by atoms with E-state index in [-0.39, 0.29) is 10.8 Å². The highest BCUT2D eigenvalue weighted by Crippen LogP contribution is 2.27. The second-order valence-electron chi connectivity index (χ2n) is 9.74. The smallest absolute Gasteiger partial charge is 0.142 e. The van der Waals surface area contributed by atoms with Crippen LogP contribution in [-0.2, 0) is 6.42 Å². The van der Waals surface area contributed by atoms with Crippen molar-refractivity contribution in [1.29, 1.82) is 0 Å². The standard InChI is InChI=1S/C29H38ClFN6/c1-17-6-13-26(31)28(30)25(17)12-9-23(29(33)34)14-27(32)20(4)36-24-10-7-22(8-11-24)21(5)37-15-18(2)35-19(3)16-37/h6-8,10-11,13-14,18-19,35-36H,4-5,9,12,15-16,32-34H2,1-3H3/b27-14-. The SMILES string of the molecule is C=C(Nc1ccc(C(=C)N2CC(C)NC(C)C2)cc1)/C(N)=C/C(CCc1c(C)ccc(F)c1Cl)=C(N)N. The third-order valence-corrected chi connectivity index (χ3v) is 6.98. The summed E-state index contributed by atoms with van der Waals surface area (Å²) < 4.78 is 13.9. The van der Waals surface area contributed by atoms with Crippen LogP contribution in [0.1, 0.15) is 37.0 Å². The molecule has 0 saturated carbocycles. The Balaban J connectivity index is 1.65. The van der Waals surface area contributed by atoms with Crippen LogP contribution < -0.4 is 27.8 Å². The van der Waals surface area contributed by atoms with Gasteiger partial charge in [0.25, 0.3) is 0 Å². The quantitative estimate of drug-likeness (QED) is 0.297. The van der Waals surface area contributed by atoms with Crippen LogP contribution in [0.4, 0.5) is 10.1 Å². The summed E-state index contributed by atoms with van der Waals surface area (Å²) in [6, 6.07) is 11.9. The summed E-state index contributed by atoms with van der Waals surface area (Å²) in [5.74, 6) is -0.312. The third kappa shape index (κ3) is 7.31. The maximum absolute atomic E-state index is 13.9. The summed E-state index contributed by atoms with van der Waals surface area (Å²) in [4.78, 5) is 2.32. The van der Waals surface area contributed by atoms with Gasteiger partial charge in [0.1, 0.15) is 5.82 Å². The van der Waals surface area contributed by atoms with Gasteiger partial charge < -0.3 is 32.7 Å². The van der Waals surface area contributed by atoms with E-state index in [0.717, 1.165) is 41.2 Å². The van der Waals surface area contributed by atoms with Crippen molar-refractivity contribution in [3.8, 4) is 0 Å². The van der Waals surface area contributed by atoms with Gasteiger partial charge in [-0.2, -0.15) is 0 Å². The number of anilines is 1. The first-order chi connectivity index (χ1) is 17.5. The molecule has 0 bridgehead atoms. The topological polar surface area (TPSA) is 105 Å². The molecule has 6 nitrogen and oxygen atoms in total. The molecule has 8 heteroatoms. The largest absolute Gasteiger partial charge is 0.397 e. The number of aryl methyl sites for hydroxylation is 1. The second kappa shape index (κ2) is 12.2. The summed E-state index contributed by atoms with van der Waals surface area (Å²) in [5, 5.41) is 6.89. The first-order valence-electron chi connectivity index (χ1n) is 12.4. The summed E-state index contributed by atoms with van der Waals surface area (Å²) in [6.45, 7) is 16.5. The Hall–Kier alpha value is -3.42. The average Bonchev–Trinajstić information content (AvgIpc) is 2.84. The van der Waals surface area contributed by atoms with Gasteiger partial charge in [-0.15, -0.1) is 0 Å². The van der Waals surface area contributed by atoms with E-state index in [1.54, 1.807) is 12.1 Å². The molecular weight excluding hydrogens is 487 g/mol. The van der Waals surface area contributed by atoms with Crippen LogP contribution in [0.2, 0.25) is 5.02 Å². The Kier molecular flexibility index (Phi) is 9.29. The molecule has 2 unspecified atom stereocenters. The van der Waals surface area contributed by atoms with Crippen molar-refractivity contribution >= 4 is 23.0 Å². The van der Waals surface area contributed by atoms with E-state index in [0.29, 0.717) is 41.9 Å². The zero-order valence-corrected chi connectivity index (χ0v) is 22.6. The van der Waals surface area contributed by atoms with Crippen LogP contribution in [0.25, 0.3) is 5.70 Å². The number of nitrogens with zero attached hydrogens (tertiary/aromatic N) is 1. The van der Waals surface area contributed by atoms with Gasteiger partial charge in [-0.3, -0.25) is 0 Å². The number of piperazine rings is 1. The zero-order chi connectivity index (χ0) is 27.3. The Morgan fingerprint density at radius 3 is 2.32 bits per heavy atom. The molecule has 0 amide bonds. The van der Waals surface area contributed by atoms with Crippen LogP contribution in [0.3, 0.4) is 0 Å². The molecule has 3 rings (SSSR count). The molecule has 2 atom stereocenters. The lowest BCUT2D eigenvalue weighted by atomic mass is 9.99.